The van der Waals surface area contributed by atoms with E-state index in [0.29, 0.717) is 34.0 Å². The number of benzene rings is 1. The van der Waals surface area contributed by atoms with Gasteiger partial charge in [-0.05, 0) is 83.3 Å². The molecule has 4 heterocycles. The fourth-order valence-electron chi connectivity index (χ4n) is 5.52. The molecule has 1 aliphatic heterocycles. The van der Waals surface area contributed by atoms with Gasteiger partial charge in [-0.15, -0.1) is 0 Å². The minimum absolute atomic E-state index is 0.0169. The SMILES string of the molecule is CN1CCC1.Cc1oc2cc(Oc3ccnn4cc(C=O)c(C)c34)ccc2c1C(=O)NC12CC(C1)C2. The van der Waals surface area contributed by atoms with Crippen molar-refractivity contribution in [3.05, 3.63) is 59.1 Å². The van der Waals surface area contributed by atoms with Gasteiger partial charge in [0.25, 0.3) is 5.91 Å². The Hall–Kier alpha value is -3.65. The summed E-state index contributed by atoms with van der Waals surface area (Å²) in [4.78, 5) is 26.5. The highest BCUT2D eigenvalue weighted by atomic mass is 16.5. The molecule has 4 fully saturated rings. The number of amides is 1. The number of aryl methyl sites for hydroxylation is 2. The van der Waals surface area contributed by atoms with Crippen molar-refractivity contribution in [1.82, 2.24) is 19.8 Å². The predicted octanol–water partition coefficient (Wildman–Crippen LogP) is 4.91. The van der Waals surface area contributed by atoms with Gasteiger partial charge in [-0.25, -0.2) is 4.52 Å². The first-order chi connectivity index (χ1) is 17.4. The number of carbonyl (C=O) groups excluding carboxylic acids is 2. The molecular formula is C28H30N4O4. The van der Waals surface area contributed by atoms with Crippen LogP contribution in [0.25, 0.3) is 16.5 Å². The van der Waals surface area contributed by atoms with Gasteiger partial charge in [0.15, 0.2) is 12.0 Å². The molecule has 1 saturated heterocycles. The van der Waals surface area contributed by atoms with Crippen LogP contribution < -0.4 is 10.1 Å². The maximum atomic E-state index is 12.9. The number of carbonyl (C=O) groups is 2. The summed E-state index contributed by atoms with van der Waals surface area (Å²) in [6, 6.07) is 7.23. The lowest BCUT2D eigenvalue weighted by atomic mass is 9.50. The Kier molecular flexibility index (Phi) is 5.37. The molecule has 8 nitrogen and oxygen atoms in total. The maximum Gasteiger partial charge on any atom is 0.255 e. The lowest BCUT2D eigenvalue weighted by Gasteiger charge is -2.61. The van der Waals surface area contributed by atoms with Gasteiger partial charge in [-0.3, -0.25) is 9.59 Å². The average Bonchev–Trinajstić information content (AvgIpc) is 3.30. The molecule has 8 heteroatoms. The molecule has 0 radical (unpaired) electrons. The maximum absolute atomic E-state index is 12.9. The smallest absolute Gasteiger partial charge is 0.255 e. The number of hydrogen-bond acceptors (Lipinski definition) is 6. The number of nitrogens with zero attached hydrogens (tertiary/aromatic N) is 3. The van der Waals surface area contributed by atoms with Gasteiger partial charge in [-0.2, -0.15) is 5.10 Å². The van der Waals surface area contributed by atoms with E-state index in [1.54, 1.807) is 29.0 Å². The Morgan fingerprint density at radius 1 is 1.22 bits per heavy atom. The molecular weight excluding hydrogens is 456 g/mol. The molecule has 4 aromatic rings. The second kappa shape index (κ2) is 8.48. The standard InChI is InChI=1S/C24H21N3O4.C4H9N/c1-13-16(12-28)11-27-22(13)19(5-6-25-27)31-17-3-4-18-20(7-17)30-14(2)21(18)23(29)26-24-8-15(9-24)10-24;1-5-3-2-4-5/h3-7,11-12,15H,8-10H2,1-2H3,(H,26,29);2-4H2,1H3. The minimum Gasteiger partial charge on any atom is -0.460 e. The van der Waals surface area contributed by atoms with Gasteiger partial charge >= 0.3 is 0 Å². The fourth-order valence-corrected chi connectivity index (χ4v) is 5.52. The van der Waals surface area contributed by atoms with Crippen LogP contribution in [-0.2, 0) is 0 Å². The van der Waals surface area contributed by atoms with Crippen LogP contribution in [0.1, 0.15) is 57.7 Å². The van der Waals surface area contributed by atoms with E-state index in [4.69, 9.17) is 9.15 Å². The van der Waals surface area contributed by atoms with E-state index in [9.17, 15) is 9.59 Å². The van der Waals surface area contributed by atoms with Crippen molar-refractivity contribution in [1.29, 1.82) is 0 Å². The summed E-state index contributed by atoms with van der Waals surface area (Å²) >= 11 is 0. The molecule has 1 N–H and O–H groups in total. The molecule has 3 saturated carbocycles. The highest BCUT2D eigenvalue weighted by Gasteiger charge is 2.57. The van der Waals surface area contributed by atoms with E-state index in [1.165, 1.54) is 19.5 Å². The van der Waals surface area contributed by atoms with Crippen molar-refractivity contribution in [2.24, 2.45) is 5.92 Å². The molecule has 8 rings (SSSR count). The van der Waals surface area contributed by atoms with Crippen molar-refractivity contribution in [2.45, 2.75) is 45.1 Å². The second-order valence-electron chi connectivity index (χ2n) is 10.5. The highest BCUT2D eigenvalue weighted by Crippen LogP contribution is 2.57. The third kappa shape index (κ3) is 3.76. The van der Waals surface area contributed by atoms with Gasteiger partial charge < -0.3 is 19.4 Å². The average molecular weight is 487 g/mol. The van der Waals surface area contributed by atoms with Crippen LogP contribution in [0.4, 0.5) is 0 Å². The Labute approximate surface area is 209 Å². The van der Waals surface area contributed by atoms with Crippen LogP contribution >= 0.6 is 0 Å². The highest BCUT2D eigenvalue weighted by molar-refractivity contribution is 6.07. The number of furan rings is 1. The summed E-state index contributed by atoms with van der Waals surface area (Å²) in [5, 5.41) is 8.24. The summed E-state index contributed by atoms with van der Waals surface area (Å²) in [5.41, 5.74) is 3.32. The number of likely N-dealkylation sites (tertiary alicyclic amines) is 1. The lowest BCUT2D eigenvalue weighted by Crippen LogP contribution is -2.68. The monoisotopic (exact) mass is 486 g/mol. The summed E-state index contributed by atoms with van der Waals surface area (Å²) in [6.45, 7) is 6.32. The van der Waals surface area contributed by atoms with Crippen molar-refractivity contribution in [3.8, 4) is 11.5 Å². The normalized spacial score (nSPS) is 22.1. The van der Waals surface area contributed by atoms with Crippen molar-refractivity contribution >= 4 is 28.7 Å². The Morgan fingerprint density at radius 2 is 1.97 bits per heavy atom. The number of hydrogen-bond donors (Lipinski definition) is 1. The summed E-state index contributed by atoms with van der Waals surface area (Å²) < 4.78 is 13.7. The Balaban J connectivity index is 0.000000431. The summed E-state index contributed by atoms with van der Waals surface area (Å²) in [5.74, 6) is 2.50. The number of aromatic nitrogens is 2. The number of fused-ring (bicyclic) bond motifs is 2. The minimum atomic E-state index is -0.0656. The van der Waals surface area contributed by atoms with E-state index in [0.717, 1.165) is 47.9 Å². The zero-order chi connectivity index (χ0) is 25.0. The topological polar surface area (TPSA) is 89.1 Å². The van der Waals surface area contributed by atoms with Crippen molar-refractivity contribution in [2.75, 3.05) is 20.1 Å². The molecule has 0 atom stereocenters. The summed E-state index contributed by atoms with van der Waals surface area (Å²) in [7, 11) is 2.14. The van der Waals surface area contributed by atoms with Crippen LogP contribution in [0.5, 0.6) is 11.5 Å². The van der Waals surface area contributed by atoms with Gasteiger partial charge in [0.1, 0.15) is 22.6 Å². The molecule has 0 unspecified atom stereocenters. The molecule has 3 aliphatic carbocycles. The third-order valence-electron chi connectivity index (χ3n) is 7.85. The quantitative estimate of drug-likeness (QED) is 0.404. The number of ether oxygens (including phenoxy) is 1. The molecule has 186 valence electrons. The number of rotatable bonds is 5. The molecule has 4 aliphatic rings. The van der Waals surface area contributed by atoms with E-state index < -0.39 is 0 Å². The first-order valence-corrected chi connectivity index (χ1v) is 12.5. The summed E-state index contributed by atoms with van der Waals surface area (Å²) in [6.07, 6.45) is 8.81. The van der Waals surface area contributed by atoms with Gasteiger partial charge in [0, 0.05) is 34.8 Å². The van der Waals surface area contributed by atoms with E-state index in [-0.39, 0.29) is 11.4 Å². The number of aldehydes is 1. The van der Waals surface area contributed by atoms with Gasteiger partial charge in [-0.1, -0.05) is 0 Å². The zero-order valence-electron chi connectivity index (χ0n) is 20.8. The van der Waals surface area contributed by atoms with E-state index in [1.807, 2.05) is 26.0 Å². The Bertz CT molecular complexity index is 1480. The first kappa shape index (κ1) is 22.8. The first-order valence-electron chi connectivity index (χ1n) is 12.5. The third-order valence-corrected chi connectivity index (χ3v) is 7.85. The molecule has 0 spiro atoms. The van der Waals surface area contributed by atoms with Gasteiger partial charge in [0.2, 0.25) is 0 Å². The number of nitrogens with one attached hydrogen (secondary N) is 1. The zero-order valence-corrected chi connectivity index (χ0v) is 20.8. The van der Waals surface area contributed by atoms with Crippen LogP contribution in [0, 0.1) is 19.8 Å². The fraction of sp³-hybridized carbons (Fsp3) is 0.393. The Morgan fingerprint density at radius 3 is 2.58 bits per heavy atom. The second-order valence-corrected chi connectivity index (χ2v) is 10.5. The van der Waals surface area contributed by atoms with Gasteiger partial charge in [0.05, 0.1) is 11.8 Å². The van der Waals surface area contributed by atoms with E-state index >= 15 is 0 Å². The van der Waals surface area contributed by atoms with Crippen LogP contribution in [0.3, 0.4) is 0 Å². The van der Waals surface area contributed by atoms with Crippen LogP contribution in [-0.4, -0.2) is 52.4 Å². The van der Waals surface area contributed by atoms with Crippen molar-refractivity contribution in [3.63, 3.8) is 0 Å². The largest absolute Gasteiger partial charge is 0.460 e. The molecule has 1 aromatic carbocycles. The molecule has 36 heavy (non-hydrogen) atoms. The van der Waals surface area contributed by atoms with Crippen molar-refractivity contribution < 1.29 is 18.7 Å². The molecule has 1 amide bonds. The lowest BCUT2D eigenvalue weighted by molar-refractivity contribution is -0.0438. The van der Waals surface area contributed by atoms with Crippen LogP contribution in [0.2, 0.25) is 0 Å². The van der Waals surface area contributed by atoms with E-state index in [2.05, 4.69) is 22.4 Å². The van der Waals surface area contributed by atoms with Crippen LogP contribution in [0.15, 0.2) is 41.1 Å². The molecule has 3 aromatic heterocycles. The predicted molar refractivity (Wildman–Crippen MR) is 136 cm³/mol. The molecule has 2 bridgehead atoms.